The van der Waals surface area contributed by atoms with E-state index in [0.29, 0.717) is 11.1 Å². The fraction of sp³-hybridized carbons (Fsp3) is 0.471. The van der Waals surface area contributed by atoms with Gasteiger partial charge in [0.15, 0.2) is 5.17 Å². The molecule has 1 unspecified atom stereocenters. The standard InChI is InChI=1S/C17H22ClN3O5/c1-16(2,3)17(12-6-4-11(5-7-12)13(18)19-26)10-20(14(22)23)8-9-21(17)15(24)25/h4-7,26H,8-10H2,1-3H3,(H,22,23)(H,24,25). The van der Waals surface area contributed by atoms with Gasteiger partial charge < -0.3 is 20.3 Å². The zero-order valence-corrected chi connectivity index (χ0v) is 15.6. The minimum Gasteiger partial charge on any atom is -0.465 e. The SMILES string of the molecule is CC(C)(C)C1(c2ccc(C(Cl)=NO)cc2)CN(C(=O)O)CCN1C(=O)O. The first kappa shape index (κ1) is 19.8. The molecule has 0 bridgehead atoms. The number of carboxylic acid groups (broad SMARTS) is 2. The Morgan fingerprint density at radius 2 is 1.69 bits per heavy atom. The average Bonchev–Trinajstić information content (AvgIpc) is 2.59. The van der Waals surface area contributed by atoms with Crippen molar-refractivity contribution in [3.05, 3.63) is 35.4 Å². The predicted molar refractivity (Wildman–Crippen MR) is 96.1 cm³/mol. The molecule has 8 nitrogen and oxygen atoms in total. The molecule has 142 valence electrons. The van der Waals surface area contributed by atoms with Crippen molar-refractivity contribution in [1.82, 2.24) is 9.80 Å². The summed E-state index contributed by atoms with van der Waals surface area (Å²) in [6.07, 6.45) is -2.19. The highest BCUT2D eigenvalue weighted by molar-refractivity contribution is 6.69. The molecule has 0 spiro atoms. The van der Waals surface area contributed by atoms with Gasteiger partial charge in [0.1, 0.15) is 0 Å². The number of amides is 2. The molecule has 1 aliphatic heterocycles. The minimum absolute atomic E-state index is 0.0132. The van der Waals surface area contributed by atoms with E-state index < -0.39 is 23.1 Å². The zero-order chi connectivity index (χ0) is 19.7. The van der Waals surface area contributed by atoms with E-state index in [-0.39, 0.29) is 24.8 Å². The zero-order valence-electron chi connectivity index (χ0n) is 14.8. The summed E-state index contributed by atoms with van der Waals surface area (Å²) in [5, 5.41) is 30.9. The summed E-state index contributed by atoms with van der Waals surface area (Å²) in [7, 11) is 0. The normalized spacial score (nSPS) is 21.6. The maximum Gasteiger partial charge on any atom is 0.408 e. The van der Waals surface area contributed by atoms with Crippen LogP contribution in [0.25, 0.3) is 0 Å². The Balaban J connectivity index is 2.65. The second-order valence-electron chi connectivity index (χ2n) is 7.22. The van der Waals surface area contributed by atoms with Crippen LogP contribution < -0.4 is 0 Å². The minimum atomic E-state index is -1.11. The van der Waals surface area contributed by atoms with Crippen LogP contribution in [0.15, 0.2) is 29.4 Å². The number of oxime groups is 1. The fourth-order valence-electron chi connectivity index (χ4n) is 3.54. The monoisotopic (exact) mass is 383 g/mol. The van der Waals surface area contributed by atoms with Crippen LogP contribution in [0.3, 0.4) is 0 Å². The first-order chi connectivity index (χ1) is 12.0. The highest BCUT2D eigenvalue weighted by Gasteiger charge is 2.54. The molecule has 3 N–H and O–H groups in total. The number of nitrogens with zero attached hydrogens (tertiary/aromatic N) is 3. The van der Waals surface area contributed by atoms with Crippen LogP contribution in [0, 0.1) is 5.41 Å². The molecule has 2 rings (SSSR count). The van der Waals surface area contributed by atoms with Gasteiger partial charge in [0.2, 0.25) is 0 Å². The molecule has 0 saturated carbocycles. The lowest BCUT2D eigenvalue weighted by molar-refractivity contribution is -0.0539. The van der Waals surface area contributed by atoms with Crippen molar-refractivity contribution in [3.8, 4) is 0 Å². The predicted octanol–water partition coefficient (Wildman–Crippen LogP) is 3.28. The van der Waals surface area contributed by atoms with E-state index in [1.54, 1.807) is 24.3 Å². The molecule has 1 aromatic carbocycles. The summed E-state index contributed by atoms with van der Waals surface area (Å²) in [5.74, 6) is 0. The Bertz CT molecular complexity index is 729. The van der Waals surface area contributed by atoms with Crippen molar-refractivity contribution in [2.75, 3.05) is 19.6 Å². The second kappa shape index (κ2) is 7.03. The van der Waals surface area contributed by atoms with E-state index in [2.05, 4.69) is 5.16 Å². The first-order valence-corrected chi connectivity index (χ1v) is 8.39. The Labute approximate surface area is 156 Å². The lowest BCUT2D eigenvalue weighted by Crippen LogP contribution is -2.67. The molecule has 0 aliphatic carbocycles. The van der Waals surface area contributed by atoms with Crippen molar-refractivity contribution < 1.29 is 25.0 Å². The molecule has 1 saturated heterocycles. The lowest BCUT2D eigenvalue weighted by atomic mass is 9.67. The summed E-state index contributed by atoms with van der Waals surface area (Å²) < 4.78 is 0. The topological polar surface area (TPSA) is 114 Å². The number of halogens is 1. The summed E-state index contributed by atoms with van der Waals surface area (Å²) in [4.78, 5) is 26.1. The molecule has 1 aliphatic rings. The quantitative estimate of drug-likeness (QED) is 0.412. The van der Waals surface area contributed by atoms with Gasteiger partial charge in [0.05, 0.1) is 12.1 Å². The van der Waals surface area contributed by atoms with Gasteiger partial charge in [-0.25, -0.2) is 9.59 Å². The van der Waals surface area contributed by atoms with E-state index in [0.717, 1.165) is 0 Å². The van der Waals surface area contributed by atoms with Gasteiger partial charge in [-0.1, -0.05) is 61.8 Å². The molecule has 1 aromatic rings. The van der Waals surface area contributed by atoms with Crippen LogP contribution in [0.5, 0.6) is 0 Å². The van der Waals surface area contributed by atoms with Gasteiger partial charge in [0.25, 0.3) is 0 Å². The van der Waals surface area contributed by atoms with Gasteiger partial charge >= 0.3 is 12.2 Å². The van der Waals surface area contributed by atoms with Gasteiger partial charge in [-0.2, -0.15) is 0 Å². The Hall–Kier alpha value is -2.48. The van der Waals surface area contributed by atoms with Gasteiger partial charge in [-0.3, -0.25) is 4.90 Å². The van der Waals surface area contributed by atoms with E-state index in [9.17, 15) is 19.8 Å². The van der Waals surface area contributed by atoms with Crippen molar-refractivity contribution >= 4 is 29.0 Å². The highest BCUT2D eigenvalue weighted by atomic mass is 35.5. The maximum atomic E-state index is 12.0. The van der Waals surface area contributed by atoms with Crippen LogP contribution in [-0.4, -0.2) is 62.2 Å². The fourth-order valence-corrected chi connectivity index (χ4v) is 3.66. The molecule has 0 aromatic heterocycles. The van der Waals surface area contributed by atoms with Gasteiger partial charge in [-0.05, 0) is 11.0 Å². The molecule has 1 atom stereocenters. The number of rotatable bonds is 2. The van der Waals surface area contributed by atoms with Crippen molar-refractivity contribution in [3.63, 3.8) is 0 Å². The number of hydrogen-bond acceptors (Lipinski definition) is 4. The molecule has 1 fully saturated rings. The van der Waals surface area contributed by atoms with Crippen LogP contribution in [0.1, 0.15) is 31.9 Å². The second-order valence-corrected chi connectivity index (χ2v) is 7.57. The molecular formula is C17H22ClN3O5. The summed E-state index contributed by atoms with van der Waals surface area (Å²) >= 11 is 5.81. The number of piperazine rings is 1. The third-order valence-electron chi connectivity index (χ3n) is 4.90. The van der Waals surface area contributed by atoms with Crippen LogP contribution in [-0.2, 0) is 5.54 Å². The van der Waals surface area contributed by atoms with Crippen molar-refractivity contribution in [2.45, 2.75) is 26.3 Å². The van der Waals surface area contributed by atoms with Crippen molar-refractivity contribution in [1.29, 1.82) is 0 Å². The smallest absolute Gasteiger partial charge is 0.408 e. The molecular weight excluding hydrogens is 362 g/mol. The third-order valence-corrected chi connectivity index (χ3v) is 5.20. The van der Waals surface area contributed by atoms with E-state index >= 15 is 0 Å². The van der Waals surface area contributed by atoms with Crippen LogP contribution in [0.2, 0.25) is 0 Å². The summed E-state index contributed by atoms with van der Waals surface area (Å²) in [6.45, 7) is 5.83. The van der Waals surface area contributed by atoms with E-state index in [4.69, 9.17) is 16.8 Å². The average molecular weight is 384 g/mol. The largest absolute Gasteiger partial charge is 0.465 e. The molecule has 26 heavy (non-hydrogen) atoms. The molecule has 9 heteroatoms. The molecule has 2 amide bonds. The number of hydrogen-bond donors (Lipinski definition) is 3. The van der Waals surface area contributed by atoms with E-state index in [1.807, 2.05) is 20.8 Å². The van der Waals surface area contributed by atoms with Crippen LogP contribution >= 0.6 is 11.6 Å². The van der Waals surface area contributed by atoms with E-state index in [1.165, 1.54) is 9.80 Å². The number of benzene rings is 1. The van der Waals surface area contributed by atoms with Crippen molar-refractivity contribution in [2.24, 2.45) is 10.6 Å². The number of carbonyl (C=O) groups is 2. The summed E-state index contributed by atoms with van der Waals surface area (Å²) in [5.41, 5.74) is -0.577. The molecule has 1 heterocycles. The Morgan fingerprint density at radius 3 is 2.12 bits per heavy atom. The highest BCUT2D eigenvalue weighted by Crippen LogP contribution is 2.46. The maximum absolute atomic E-state index is 12.0. The lowest BCUT2D eigenvalue weighted by Gasteiger charge is -2.55. The van der Waals surface area contributed by atoms with Crippen LogP contribution in [0.4, 0.5) is 9.59 Å². The van der Waals surface area contributed by atoms with Gasteiger partial charge in [-0.15, -0.1) is 0 Å². The Kier molecular flexibility index (Phi) is 5.36. The molecule has 0 radical (unpaired) electrons. The Morgan fingerprint density at radius 1 is 1.12 bits per heavy atom. The first-order valence-electron chi connectivity index (χ1n) is 8.01. The summed E-state index contributed by atoms with van der Waals surface area (Å²) in [6, 6.07) is 6.61. The third kappa shape index (κ3) is 3.29. The van der Waals surface area contributed by atoms with Gasteiger partial charge in [0, 0.05) is 18.7 Å².